The Morgan fingerprint density at radius 2 is 2.24 bits per heavy atom. The number of hydrogen-bond acceptors (Lipinski definition) is 6. The van der Waals surface area contributed by atoms with Crippen LogP contribution in [0.2, 0.25) is 0 Å². The average Bonchev–Trinajstić information content (AvgIpc) is 2.91. The van der Waals surface area contributed by atoms with E-state index in [-0.39, 0.29) is 0 Å². The molecule has 2 aromatic rings. The summed E-state index contributed by atoms with van der Waals surface area (Å²) in [5.41, 5.74) is 3.01. The molecule has 1 N–H and O–H groups in total. The van der Waals surface area contributed by atoms with E-state index >= 15 is 0 Å². The molecule has 17 heavy (non-hydrogen) atoms. The highest BCUT2D eigenvalue weighted by Crippen LogP contribution is 2.19. The van der Waals surface area contributed by atoms with Gasteiger partial charge in [0.15, 0.2) is 5.13 Å². The molecule has 0 unspecified atom stereocenters. The van der Waals surface area contributed by atoms with Crippen LogP contribution >= 0.6 is 22.7 Å². The fourth-order valence-corrected chi connectivity index (χ4v) is 3.04. The fourth-order valence-electron chi connectivity index (χ4n) is 1.53. The van der Waals surface area contributed by atoms with Crippen molar-refractivity contribution in [2.24, 2.45) is 0 Å². The summed E-state index contributed by atoms with van der Waals surface area (Å²) in [6, 6.07) is 0. The maximum Gasteiger partial charge on any atom is 0.182 e. The standard InChI is InChI=1S/C11H16N4S2/c1-3-12-11-13-4-10(17-11)6-15(2)5-9-7-16-8-14-9/h4,7-8H,3,5-6H2,1-2H3,(H,12,13). The summed E-state index contributed by atoms with van der Waals surface area (Å²) in [5.74, 6) is 0. The van der Waals surface area contributed by atoms with E-state index in [1.807, 2.05) is 11.7 Å². The van der Waals surface area contributed by atoms with Crippen LogP contribution in [-0.2, 0) is 13.1 Å². The van der Waals surface area contributed by atoms with Crippen molar-refractivity contribution in [3.05, 3.63) is 27.7 Å². The maximum absolute atomic E-state index is 4.32. The molecular formula is C11H16N4S2. The molecule has 0 aliphatic rings. The van der Waals surface area contributed by atoms with E-state index in [0.29, 0.717) is 0 Å². The summed E-state index contributed by atoms with van der Waals surface area (Å²) in [7, 11) is 2.10. The summed E-state index contributed by atoms with van der Waals surface area (Å²) in [6.07, 6.45) is 1.94. The van der Waals surface area contributed by atoms with Gasteiger partial charge in [0.25, 0.3) is 0 Å². The highest BCUT2D eigenvalue weighted by molar-refractivity contribution is 7.15. The molecule has 0 aromatic carbocycles. The Bertz CT molecular complexity index is 438. The second-order valence-electron chi connectivity index (χ2n) is 3.81. The fraction of sp³-hybridized carbons (Fsp3) is 0.455. The van der Waals surface area contributed by atoms with Gasteiger partial charge in [0, 0.05) is 36.1 Å². The van der Waals surface area contributed by atoms with Crippen molar-refractivity contribution in [3.8, 4) is 0 Å². The normalized spacial score (nSPS) is 11.0. The van der Waals surface area contributed by atoms with Gasteiger partial charge in [-0.3, -0.25) is 4.90 Å². The smallest absolute Gasteiger partial charge is 0.182 e. The first-order valence-corrected chi connectivity index (χ1v) is 7.28. The van der Waals surface area contributed by atoms with E-state index in [4.69, 9.17) is 0 Å². The Kier molecular flexibility index (Phi) is 4.47. The molecule has 0 fully saturated rings. The van der Waals surface area contributed by atoms with Crippen LogP contribution in [0, 0.1) is 0 Å². The molecule has 0 atom stereocenters. The predicted molar refractivity (Wildman–Crippen MR) is 73.6 cm³/mol. The predicted octanol–water partition coefficient (Wildman–Crippen LogP) is 2.66. The van der Waals surface area contributed by atoms with Gasteiger partial charge in [0.2, 0.25) is 0 Å². The highest BCUT2D eigenvalue weighted by atomic mass is 32.1. The van der Waals surface area contributed by atoms with Gasteiger partial charge < -0.3 is 5.32 Å². The first-order chi connectivity index (χ1) is 8.28. The Morgan fingerprint density at radius 3 is 2.94 bits per heavy atom. The van der Waals surface area contributed by atoms with Gasteiger partial charge in [-0.05, 0) is 14.0 Å². The minimum atomic E-state index is 0.887. The third-order valence-corrected chi connectivity index (χ3v) is 3.80. The first kappa shape index (κ1) is 12.5. The summed E-state index contributed by atoms with van der Waals surface area (Å²) >= 11 is 3.36. The molecule has 2 rings (SSSR count). The van der Waals surface area contributed by atoms with Gasteiger partial charge >= 0.3 is 0 Å². The minimum absolute atomic E-state index is 0.887. The van der Waals surface area contributed by atoms with Crippen molar-refractivity contribution in [1.82, 2.24) is 14.9 Å². The molecule has 92 valence electrons. The molecule has 0 bridgehead atoms. The molecule has 2 heterocycles. The van der Waals surface area contributed by atoms with Crippen LogP contribution in [-0.4, -0.2) is 28.5 Å². The van der Waals surface area contributed by atoms with Crippen LogP contribution in [0.3, 0.4) is 0 Å². The largest absolute Gasteiger partial charge is 0.362 e. The summed E-state index contributed by atoms with van der Waals surface area (Å²) < 4.78 is 0. The number of nitrogens with zero attached hydrogens (tertiary/aromatic N) is 3. The molecule has 0 spiro atoms. The van der Waals surface area contributed by atoms with Gasteiger partial charge in [-0.2, -0.15) is 0 Å². The molecular weight excluding hydrogens is 252 g/mol. The summed E-state index contributed by atoms with van der Waals surface area (Å²) in [4.78, 5) is 12.1. The van der Waals surface area contributed by atoms with Gasteiger partial charge in [0.05, 0.1) is 11.2 Å². The second-order valence-corrected chi connectivity index (χ2v) is 5.65. The Hall–Kier alpha value is -0.980. The van der Waals surface area contributed by atoms with Crippen molar-refractivity contribution in [1.29, 1.82) is 0 Å². The molecule has 0 aliphatic carbocycles. The van der Waals surface area contributed by atoms with Gasteiger partial charge in [-0.1, -0.05) is 0 Å². The Morgan fingerprint density at radius 1 is 1.35 bits per heavy atom. The van der Waals surface area contributed by atoms with E-state index in [9.17, 15) is 0 Å². The zero-order valence-electron chi connectivity index (χ0n) is 10.0. The molecule has 0 saturated carbocycles. The minimum Gasteiger partial charge on any atom is -0.362 e. The highest BCUT2D eigenvalue weighted by Gasteiger charge is 2.06. The van der Waals surface area contributed by atoms with E-state index in [1.165, 1.54) is 4.88 Å². The number of nitrogens with one attached hydrogen (secondary N) is 1. The van der Waals surface area contributed by atoms with Crippen molar-refractivity contribution < 1.29 is 0 Å². The SMILES string of the molecule is CCNc1ncc(CN(C)Cc2cscn2)s1. The average molecular weight is 268 g/mol. The Labute approximate surface area is 109 Å². The number of hydrogen-bond donors (Lipinski definition) is 1. The van der Waals surface area contributed by atoms with Crippen molar-refractivity contribution >= 4 is 27.8 Å². The van der Waals surface area contributed by atoms with Crippen molar-refractivity contribution in [2.45, 2.75) is 20.0 Å². The van der Waals surface area contributed by atoms with Gasteiger partial charge in [0.1, 0.15) is 0 Å². The van der Waals surface area contributed by atoms with E-state index in [2.05, 4.69) is 39.5 Å². The third kappa shape index (κ3) is 3.76. The molecule has 6 heteroatoms. The number of rotatable bonds is 6. The zero-order chi connectivity index (χ0) is 12.1. The van der Waals surface area contributed by atoms with Crippen LogP contribution < -0.4 is 5.32 Å². The van der Waals surface area contributed by atoms with Gasteiger partial charge in [-0.15, -0.1) is 22.7 Å². The Balaban J connectivity index is 1.86. The third-order valence-electron chi connectivity index (χ3n) is 2.22. The van der Waals surface area contributed by atoms with E-state index < -0.39 is 0 Å². The molecule has 0 aliphatic heterocycles. The van der Waals surface area contributed by atoms with Crippen molar-refractivity contribution in [2.75, 3.05) is 18.9 Å². The monoisotopic (exact) mass is 268 g/mol. The van der Waals surface area contributed by atoms with Crippen LogP contribution in [0.15, 0.2) is 17.1 Å². The molecule has 0 saturated heterocycles. The van der Waals surface area contributed by atoms with Gasteiger partial charge in [-0.25, -0.2) is 9.97 Å². The maximum atomic E-state index is 4.32. The van der Waals surface area contributed by atoms with Crippen LogP contribution in [0.25, 0.3) is 0 Å². The molecule has 0 amide bonds. The van der Waals surface area contributed by atoms with Crippen LogP contribution in [0.4, 0.5) is 5.13 Å². The lowest BCUT2D eigenvalue weighted by atomic mass is 10.4. The van der Waals surface area contributed by atoms with Crippen LogP contribution in [0.1, 0.15) is 17.5 Å². The van der Waals surface area contributed by atoms with E-state index in [0.717, 1.165) is 30.5 Å². The lowest BCUT2D eigenvalue weighted by Gasteiger charge is -2.13. The molecule has 0 radical (unpaired) electrons. The summed E-state index contributed by atoms with van der Waals surface area (Å²) in [5, 5.41) is 6.32. The van der Waals surface area contributed by atoms with Crippen LogP contribution in [0.5, 0.6) is 0 Å². The van der Waals surface area contributed by atoms with Crippen molar-refractivity contribution in [3.63, 3.8) is 0 Å². The van der Waals surface area contributed by atoms with E-state index in [1.54, 1.807) is 22.7 Å². The topological polar surface area (TPSA) is 41.1 Å². The zero-order valence-corrected chi connectivity index (χ0v) is 11.6. The quantitative estimate of drug-likeness (QED) is 0.874. The molecule has 4 nitrogen and oxygen atoms in total. The lowest BCUT2D eigenvalue weighted by Crippen LogP contribution is -2.16. The lowest BCUT2D eigenvalue weighted by molar-refractivity contribution is 0.318. The second kappa shape index (κ2) is 6.09. The number of thiazole rings is 2. The number of aromatic nitrogens is 2. The molecule has 2 aromatic heterocycles. The summed E-state index contributed by atoms with van der Waals surface area (Å²) in [6.45, 7) is 4.80. The number of anilines is 1. The first-order valence-electron chi connectivity index (χ1n) is 5.52.